The molecule has 1 aromatic rings. The van der Waals surface area contributed by atoms with Crippen molar-refractivity contribution in [1.82, 2.24) is 14.3 Å². The Hall–Kier alpha value is -0.920. The van der Waals surface area contributed by atoms with E-state index in [2.05, 4.69) is 9.71 Å². The Bertz CT molecular complexity index is 510. The number of rotatable bonds is 8. The largest absolute Gasteiger partial charge is 0.396 e. The Morgan fingerprint density at radius 2 is 2.00 bits per heavy atom. The van der Waals surface area contributed by atoms with Gasteiger partial charge < -0.3 is 9.67 Å². The van der Waals surface area contributed by atoms with Crippen LogP contribution in [0.25, 0.3) is 0 Å². The fourth-order valence-corrected chi connectivity index (χ4v) is 2.93. The van der Waals surface area contributed by atoms with Crippen LogP contribution in [-0.4, -0.2) is 36.2 Å². The number of hydrogen-bond acceptors (Lipinski definition) is 4. The van der Waals surface area contributed by atoms with E-state index < -0.39 is 15.4 Å². The molecule has 0 aromatic carbocycles. The molecule has 0 unspecified atom stereocenters. The highest BCUT2D eigenvalue weighted by molar-refractivity contribution is 7.89. The number of hydrogen-bond donors (Lipinski definition) is 2. The van der Waals surface area contributed by atoms with Crippen LogP contribution < -0.4 is 4.72 Å². The molecule has 0 aliphatic rings. The van der Waals surface area contributed by atoms with Crippen molar-refractivity contribution in [2.24, 2.45) is 5.41 Å². The molecule has 0 aliphatic heterocycles. The summed E-state index contributed by atoms with van der Waals surface area (Å²) >= 11 is 0. The van der Waals surface area contributed by atoms with Crippen LogP contribution in [-0.2, 0) is 10.0 Å². The third-order valence-electron chi connectivity index (χ3n) is 3.92. The van der Waals surface area contributed by atoms with Crippen LogP contribution >= 0.6 is 0 Å². The van der Waals surface area contributed by atoms with Gasteiger partial charge in [0.25, 0.3) is 10.0 Å². The van der Waals surface area contributed by atoms with Crippen molar-refractivity contribution in [2.75, 3.05) is 13.2 Å². The van der Waals surface area contributed by atoms with Crippen molar-refractivity contribution in [3.63, 3.8) is 0 Å². The third kappa shape index (κ3) is 3.80. The highest BCUT2D eigenvalue weighted by Gasteiger charge is 2.28. The molecule has 116 valence electrons. The van der Waals surface area contributed by atoms with Gasteiger partial charge in [-0.15, -0.1) is 0 Å². The molecule has 2 N–H and O–H groups in total. The summed E-state index contributed by atoms with van der Waals surface area (Å²) in [7, 11) is -3.63. The van der Waals surface area contributed by atoms with Gasteiger partial charge in [-0.1, -0.05) is 13.8 Å². The van der Waals surface area contributed by atoms with Gasteiger partial charge in [0.2, 0.25) is 0 Å². The molecule has 0 saturated carbocycles. The first kappa shape index (κ1) is 17.1. The summed E-state index contributed by atoms with van der Waals surface area (Å²) in [5.41, 5.74) is -0.409. The highest BCUT2D eigenvalue weighted by atomic mass is 32.2. The minimum atomic E-state index is -3.63. The van der Waals surface area contributed by atoms with Gasteiger partial charge in [-0.2, -0.15) is 0 Å². The second-order valence-electron chi connectivity index (χ2n) is 5.44. The van der Waals surface area contributed by atoms with E-state index in [0.29, 0.717) is 12.8 Å². The number of sulfonamides is 1. The van der Waals surface area contributed by atoms with Crippen molar-refractivity contribution in [3.8, 4) is 0 Å². The van der Waals surface area contributed by atoms with Crippen LogP contribution in [0.4, 0.5) is 0 Å². The fraction of sp³-hybridized carbons (Fsp3) is 0.769. The first-order chi connectivity index (χ1) is 9.30. The van der Waals surface area contributed by atoms with Crippen molar-refractivity contribution in [3.05, 3.63) is 12.5 Å². The van der Waals surface area contributed by atoms with Crippen LogP contribution in [0.2, 0.25) is 0 Å². The van der Waals surface area contributed by atoms with Crippen LogP contribution in [0, 0.1) is 5.41 Å². The quantitative estimate of drug-likeness (QED) is 0.763. The van der Waals surface area contributed by atoms with Gasteiger partial charge in [0.05, 0.1) is 6.33 Å². The molecule has 1 aromatic heterocycles. The lowest BCUT2D eigenvalue weighted by atomic mass is 9.84. The van der Waals surface area contributed by atoms with Gasteiger partial charge >= 0.3 is 0 Å². The lowest BCUT2D eigenvalue weighted by Crippen LogP contribution is -2.39. The minimum Gasteiger partial charge on any atom is -0.396 e. The van der Waals surface area contributed by atoms with Gasteiger partial charge in [0.15, 0.2) is 5.03 Å². The molecule has 0 atom stereocenters. The van der Waals surface area contributed by atoms with Crippen molar-refractivity contribution >= 4 is 10.0 Å². The molecule has 0 bridgehead atoms. The molecule has 0 aliphatic carbocycles. The Labute approximate surface area is 121 Å². The predicted molar refractivity (Wildman–Crippen MR) is 77.9 cm³/mol. The summed E-state index contributed by atoms with van der Waals surface area (Å²) in [6, 6.07) is 0.161. The molecule has 1 rings (SSSR count). The molecule has 0 radical (unpaired) electrons. The Morgan fingerprint density at radius 3 is 2.40 bits per heavy atom. The third-order valence-corrected chi connectivity index (χ3v) is 5.21. The Kier molecular flexibility index (Phi) is 5.73. The van der Waals surface area contributed by atoms with Crippen molar-refractivity contribution in [2.45, 2.75) is 51.6 Å². The second kappa shape index (κ2) is 6.69. The maximum absolute atomic E-state index is 12.2. The van der Waals surface area contributed by atoms with Crippen LogP contribution in [0.15, 0.2) is 17.6 Å². The minimum absolute atomic E-state index is 0.0187. The maximum atomic E-state index is 12.2. The molecule has 20 heavy (non-hydrogen) atoms. The smallest absolute Gasteiger partial charge is 0.259 e. The standard InChI is InChI=1S/C13H25N3O3S/c1-5-13(6-2,9-17)8-15-20(18,19)12-7-16(10-14-12)11(3)4/h7,10-11,15,17H,5-6,8-9H2,1-4H3. The molecule has 0 spiro atoms. The highest BCUT2D eigenvalue weighted by Crippen LogP contribution is 2.25. The molecular formula is C13H25N3O3S. The number of nitrogens with one attached hydrogen (secondary N) is 1. The van der Waals surface area contributed by atoms with E-state index >= 15 is 0 Å². The zero-order valence-corrected chi connectivity index (χ0v) is 13.4. The molecule has 0 fully saturated rings. The van der Waals surface area contributed by atoms with Crippen LogP contribution in [0.5, 0.6) is 0 Å². The summed E-state index contributed by atoms with van der Waals surface area (Å²) < 4.78 is 28.7. The van der Waals surface area contributed by atoms with Gasteiger partial charge in [-0.3, -0.25) is 0 Å². The fourth-order valence-electron chi connectivity index (χ4n) is 1.84. The lowest BCUT2D eigenvalue weighted by Gasteiger charge is -2.29. The van der Waals surface area contributed by atoms with E-state index in [-0.39, 0.29) is 24.2 Å². The Balaban J connectivity index is 2.84. The van der Waals surface area contributed by atoms with E-state index in [1.54, 1.807) is 4.57 Å². The van der Waals surface area contributed by atoms with Crippen LogP contribution in [0.1, 0.15) is 46.6 Å². The maximum Gasteiger partial charge on any atom is 0.259 e. The summed E-state index contributed by atoms with van der Waals surface area (Å²) in [6.45, 7) is 7.98. The van der Waals surface area contributed by atoms with E-state index in [0.717, 1.165) is 0 Å². The average Bonchev–Trinajstić information content (AvgIpc) is 2.91. The monoisotopic (exact) mass is 303 g/mol. The van der Waals surface area contributed by atoms with Gasteiger partial charge in [-0.05, 0) is 26.7 Å². The van der Waals surface area contributed by atoms with Gasteiger partial charge in [-0.25, -0.2) is 18.1 Å². The zero-order chi connectivity index (χ0) is 15.4. The van der Waals surface area contributed by atoms with Crippen molar-refractivity contribution in [1.29, 1.82) is 0 Å². The first-order valence-electron chi connectivity index (χ1n) is 6.94. The van der Waals surface area contributed by atoms with Crippen molar-refractivity contribution < 1.29 is 13.5 Å². The van der Waals surface area contributed by atoms with E-state index in [4.69, 9.17) is 0 Å². The summed E-state index contributed by atoms with van der Waals surface area (Å²) in [6.07, 6.45) is 4.45. The molecule has 0 saturated heterocycles. The number of aromatic nitrogens is 2. The molecule has 0 amide bonds. The lowest BCUT2D eigenvalue weighted by molar-refractivity contribution is 0.119. The van der Waals surface area contributed by atoms with Gasteiger partial charge in [0, 0.05) is 30.8 Å². The number of imidazole rings is 1. The normalized spacial score (nSPS) is 13.1. The Morgan fingerprint density at radius 1 is 1.40 bits per heavy atom. The molecule has 6 nitrogen and oxygen atoms in total. The SMILES string of the molecule is CCC(CC)(CO)CNS(=O)(=O)c1cn(C(C)C)cn1. The summed E-state index contributed by atoms with van der Waals surface area (Å²) in [5.74, 6) is 0. The summed E-state index contributed by atoms with van der Waals surface area (Å²) in [4.78, 5) is 3.94. The average molecular weight is 303 g/mol. The predicted octanol–water partition coefficient (Wildman–Crippen LogP) is 1.54. The number of aliphatic hydroxyl groups excluding tert-OH is 1. The molecule has 7 heteroatoms. The number of nitrogens with zero attached hydrogens (tertiary/aromatic N) is 2. The van der Waals surface area contributed by atoms with E-state index in [9.17, 15) is 13.5 Å². The van der Waals surface area contributed by atoms with E-state index in [1.165, 1.54) is 12.5 Å². The molecule has 1 heterocycles. The van der Waals surface area contributed by atoms with E-state index in [1.807, 2.05) is 27.7 Å². The first-order valence-corrected chi connectivity index (χ1v) is 8.42. The molecular weight excluding hydrogens is 278 g/mol. The summed E-state index contributed by atoms with van der Waals surface area (Å²) in [5, 5.41) is 9.49. The second-order valence-corrected chi connectivity index (χ2v) is 7.16. The zero-order valence-electron chi connectivity index (χ0n) is 12.6. The topological polar surface area (TPSA) is 84.2 Å². The van der Waals surface area contributed by atoms with Crippen LogP contribution in [0.3, 0.4) is 0 Å². The van der Waals surface area contributed by atoms with Gasteiger partial charge in [0.1, 0.15) is 0 Å². The number of aliphatic hydroxyl groups is 1.